The van der Waals surface area contributed by atoms with Gasteiger partial charge in [0.15, 0.2) is 0 Å². The maximum absolute atomic E-state index is 6.03. The van der Waals surface area contributed by atoms with E-state index in [4.69, 9.17) is 17.3 Å². The number of hydrogen-bond acceptors (Lipinski definition) is 3. The number of benzene rings is 1. The van der Waals surface area contributed by atoms with Crippen LogP contribution in [0.15, 0.2) is 42.5 Å². The van der Waals surface area contributed by atoms with E-state index < -0.39 is 0 Å². The molecule has 1 aromatic heterocycles. The van der Waals surface area contributed by atoms with Gasteiger partial charge >= 0.3 is 0 Å². The Morgan fingerprint density at radius 2 is 1.89 bits per heavy atom. The zero-order chi connectivity index (χ0) is 13.0. The van der Waals surface area contributed by atoms with Crippen LogP contribution in [0.3, 0.4) is 0 Å². The fraction of sp³-hybridized carbons (Fsp3) is 0.214. The van der Waals surface area contributed by atoms with E-state index in [-0.39, 0.29) is 0 Å². The van der Waals surface area contributed by atoms with Crippen molar-refractivity contribution >= 4 is 23.1 Å². The predicted molar refractivity (Wildman–Crippen MR) is 76.3 cm³/mol. The number of hydrogen-bond donors (Lipinski definition) is 1. The lowest BCUT2D eigenvalue weighted by Crippen LogP contribution is -2.18. The van der Waals surface area contributed by atoms with Gasteiger partial charge in [0.2, 0.25) is 0 Å². The van der Waals surface area contributed by atoms with Gasteiger partial charge in [0.05, 0.1) is 10.7 Å². The maximum atomic E-state index is 6.03. The van der Waals surface area contributed by atoms with Crippen LogP contribution in [-0.2, 0) is 6.54 Å². The van der Waals surface area contributed by atoms with Gasteiger partial charge in [-0.2, -0.15) is 0 Å². The standard InChI is InChI=1S/C14H16ClN3/c1-2-18(11-6-4-3-5-7-11)14-9-8-12(15)13(10-16)17-14/h3-9H,2,10,16H2,1H3. The Balaban J connectivity index is 2.39. The van der Waals surface area contributed by atoms with E-state index in [1.807, 2.05) is 30.3 Å². The molecule has 0 unspecified atom stereocenters. The predicted octanol–water partition coefficient (Wildman–Crippen LogP) is 3.35. The summed E-state index contributed by atoms with van der Waals surface area (Å²) in [6.45, 7) is 3.27. The van der Waals surface area contributed by atoms with Crippen LogP contribution < -0.4 is 10.6 Å². The number of halogens is 1. The number of anilines is 2. The van der Waals surface area contributed by atoms with Crippen molar-refractivity contribution in [1.82, 2.24) is 4.98 Å². The maximum Gasteiger partial charge on any atom is 0.133 e. The van der Waals surface area contributed by atoms with Gasteiger partial charge in [0.1, 0.15) is 5.82 Å². The van der Waals surface area contributed by atoms with E-state index in [1.165, 1.54) is 0 Å². The number of rotatable bonds is 4. The van der Waals surface area contributed by atoms with E-state index in [9.17, 15) is 0 Å². The molecule has 0 aliphatic heterocycles. The van der Waals surface area contributed by atoms with Crippen molar-refractivity contribution in [2.75, 3.05) is 11.4 Å². The molecule has 1 heterocycles. The highest BCUT2D eigenvalue weighted by atomic mass is 35.5. The number of pyridine rings is 1. The molecule has 0 amide bonds. The third kappa shape index (κ3) is 2.63. The highest BCUT2D eigenvalue weighted by molar-refractivity contribution is 6.31. The Labute approximate surface area is 112 Å². The minimum atomic E-state index is 0.346. The molecule has 3 nitrogen and oxygen atoms in total. The van der Waals surface area contributed by atoms with Crippen LogP contribution in [0.25, 0.3) is 0 Å². The minimum Gasteiger partial charge on any atom is -0.327 e. The van der Waals surface area contributed by atoms with Gasteiger partial charge in [-0.25, -0.2) is 4.98 Å². The van der Waals surface area contributed by atoms with Crippen molar-refractivity contribution in [3.8, 4) is 0 Å². The summed E-state index contributed by atoms with van der Waals surface area (Å²) in [5.74, 6) is 0.869. The summed E-state index contributed by atoms with van der Waals surface area (Å²) < 4.78 is 0. The largest absolute Gasteiger partial charge is 0.327 e. The van der Waals surface area contributed by atoms with Gasteiger partial charge in [0, 0.05) is 18.8 Å². The fourth-order valence-corrected chi connectivity index (χ4v) is 2.03. The van der Waals surface area contributed by atoms with Gasteiger partial charge in [-0.15, -0.1) is 0 Å². The topological polar surface area (TPSA) is 42.1 Å². The first-order valence-corrected chi connectivity index (χ1v) is 6.32. The lowest BCUT2D eigenvalue weighted by Gasteiger charge is -2.22. The van der Waals surface area contributed by atoms with E-state index >= 15 is 0 Å². The molecule has 0 spiro atoms. The van der Waals surface area contributed by atoms with Crippen LogP contribution in [-0.4, -0.2) is 11.5 Å². The number of nitrogens with two attached hydrogens (primary N) is 1. The van der Waals surface area contributed by atoms with Crippen molar-refractivity contribution in [1.29, 1.82) is 0 Å². The second kappa shape index (κ2) is 5.85. The monoisotopic (exact) mass is 261 g/mol. The molecule has 94 valence electrons. The first kappa shape index (κ1) is 12.9. The number of nitrogens with zero attached hydrogens (tertiary/aromatic N) is 2. The molecule has 2 rings (SSSR count). The molecule has 0 aliphatic carbocycles. The Morgan fingerprint density at radius 1 is 1.17 bits per heavy atom. The molecule has 18 heavy (non-hydrogen) atoms. The molecular weight excluding hydrogens is 246 g/mol. The van der Waals surface area contributed by atoms with E-state index in [0.29, 0.717) is 11.6 Å². The highest BCUT2D eigenvalue weighted by Gasteiger charge is 2.10. The first-order chi connectivity index (χ1) is 8.76. The van der Waals surface area contributed by atoms with Gasteiger partial charge < -0.3 is 10.6 Å². The molecule has 2 N–H and O–H groups in total. The molecule has 0 atom stereocenters. The Morgan fingerprint density at radius 3 is 2.50 bits per heavy atom. The van der Waals surface area contributed by atoms with Crippen LogP contribution in [0, 0.1) is 0 Å². The van der Waals surface area contributed by atoms with Crippen molar-refractivity contribution in [3.63, 3.8) is 0 Å². The molecule has 0 saturated carbocycles. The van der Waals surface area contributed by atoms with Crippen molar-refractivity contribution < 1.29 is 0 Å². The second-order valence-corrected chi connectivity index (χ2v) is 4.29. The van der Waals surface area contributed by atoms with Crippen molar-refractivity contribution in [3.05, 3.63) is 53.2 Å². The molecule has 0 aliphatic rings. The normalized spacial score (nSPS) is 10.4. The van der Waals surface area contributed by atoms with E-state index in [2.05, 4.69) is 28.9 Å². The fourth-order valence-electron chi connectivity index (χ4n) is 1.85. The van der Waals surface area contributed by atoms with Crippen LogP contribution in [0.5, 0.6) is 0 Å². The first-order valence-electron chi connectivity index (χ1n) is 5.94. The molecule has 0 bridgehead atoms. The molecule has 0 radical (unpaired) electrons. The lowest BCUT2D eigenvalue weighted by molar-refractivity contribution is 0.939. The summed E-state index contributed by atoms with van der Waals surface area (Å²) in [6.07, 6.45) is 0. The Hall–Kier alpha value is -1.58. The minimum absolute atomic E-state index is 0.346. The van der Waals surface area contributed by atoms with E-state index in [0.717, 1.165) is 23.7 Å². The smallest absolute Gasteiger partial charge is 0.133 e. The molecule has 4 heteroatoms. The van der Waals surface area contributed by atoms with Crippen LogP contribution in [0.4, 0.5) is 11.5 Å². The molecule has 0 saturated heterocycles. The summed E-state index contributed by atoms with van der Waals surface area (Å²) in [5.41, 5.74) is 7.47. The van der Waals surface area contributed by atoms with Gasteiger partial charge in [-0.05, 0) is 31.2 Å². The van der Waals surface area contributed by atoms with Crippen LogP contribution in [0.1, 0.15) is 12.6 Å². The molecular formula is C14H16ClN3. The zero-order valence-electron chi connectivity index (χ0n) is 10.3. The summed E-state index contributed by atoms with van der Waals surface area (Å²) in [6, 6.07) is 13.9. The number of para-hydroxylation sites is 1. The summed E-state index contributed by atoms with van der Waals surface area (Å²) in [5, 5.41) is 0.616. The van der Waals surface area contributed by atoms with E-state index in [1.54, 1.807) is 0 Å². The Kier molecular flexibility index (Phi) is 4.18. The molecule has 0 fully saturated rings. The van der Waals surface area contributed by atoms with Crippen molar-refractivity contribution in [2.45, 2.75) is 13.5 Å². The average Bonchev–Trinajstić information content (AvgIpc) is 2.42. The molecule has 2 aromatic rings. The van der Waals surface area contributed by atoms with Gasteiger partial charge in [-0.3, -0.25) is 0 Å². The molecule has 1 aromatic carbocycles. The third-order valence-electron chi connectivity index (χ3n) is 2.76. The SMILES string of the molecule is CCN(c1ccccc1)c1ccc(Cl)c(CN)n1. The lowest BCUT2D eigenvalue weighted by atomic mass is 10.2. The zero-order valence-corrected chi connectivity index (χ0v) is 11.1. The van der Waals surface area contributed by atoms with Gasteiger partial charge in [-0.1, -0.05) is 29.8 Å². The Bertz CT molecular complexity index is 514. The third-order valence-corrected chi connectivity index (χ3v) is 3.10. The average molecular weight is 262 g/mol. The summed E-state index contributed by atoms with van der Waals surface area (Å²) in [7, 11) is 0. The van der Waals surface area contributed by atoms with Gasteiger partial charge in [0.25, 0.3) is 0 Å². The summed E-state index contributed by atoms with van der Waals surface area (Å²) >= 11 is 6.03. The van der Waals surface area contributed by atoms with Crippen LogP contribution in [0.2, 0.25) is 5.02 Å². The quantitative estimate of drug-likeness (QED) is 0.918. The van der Waals surface area contributed by atoms with Crippen LogP contribution >= 0.6 is 11.6 Å². The number of aromatic nitrogens is 1. The highest BCUT2D eigenvalue weighted by Crippen LogP contribution is 2.25. The second-order valence-electron chi connectivity index (χ2n) is 3.88. The van der Waals surface area contributed by atoms with Crippen molar-refractivity contribution in [2.24, 2.45) is 5.73 Å². The summed E-state index contributed by atoms with van der Waals surface area (Å²) in [4.78, 5) is 6.63.